The van der Waals surface area contributed by atoms with Crippen LogP contribution >= 0.6 is 34.8 Å². The summed E-state index contributed by atoms with van der Waals surface area (Å²) in [7, 11) is 0. The van der Waals surface area contributed by atoms with Crippen molar-refractivity contribution in [2.45, 2.75) is 6.92 Å². The topological polar surface area (TPSA) is 64.7 Å². The summed E-state index contributed by atoms with van der Waals surface area (Å²) < 4.78 is 10.7. The first-order valence-corrected chi connectivity index (χ1v) is 9.26. The van der Waals surface area contributed by atoms with Crippen LogP contribution in [-0.2, 0) is 9.53 Å². The zero-order valence-electron chi connectivity index (χ0n) is 14.4. The lowest BCUT2D eigenvalue weighted by atomic mass is 10.1. The van der Waals surface area contributed by atoms with E-state index >= 15 is 0 Å². The summed E-state index contributed by atoms with van der Waals surface area (Å²) in [6.07, 6.45) is 1.53. The summed E-state index contributed by atoms with van der Waals surface area (Å²) >= 11 is 18.4. The third-order valence-corrected chi connectivity index (χ3v) is 4.97. The number of carbonyl (C=O) groups excluding carboxylic acids is 1. The molecule has 0 spiro atoms. The summed E-state index contributed by atoms with van der Waals surface area (Å²) in [5, 5.41) is 5.45. The van der Waals surface area contributed by atoms with E-state index in [0.29, 0.717) is 43.2 Å². The molecule has 1 aliphatic rings. The average Bonchev–Trinajstić information content (AvgIpc) is 3.20. The number of nitrogens with zero attached hydrogens (tertiary/aromatic N) is 2. The second kappa shape index (κ2) is 7.43. The van der Waals surface area contributed by atoms with Crippen molar-refractivity contribution in [3.63, 3.8) is 0 Å². The second-order valence-corrected chi connectivity index (χ2v) is 7.19. The van der Waals surface area contributed by atoms with Crippen LogP contribution in [-0.4, -0.2) is 17.0 Å². The molecule has 0 bridgehead atoms. The van der Waals surface area contributed by atoms with Gasteiger partial charge in [-0.2, -0.15) is 0 Å². The lowest BCUT2D eigenvalue weighted by molar-refractivity contribution is -0.129. The molecular formula is C20H11Cl3N2O3. The first-order valence-electron chi connectivity index (χ1n) is 8.13. The SMILES string of the molecule is Cc1onc(-c2ccccc2Cl)c1C1=N/C(=C\c2ccc(Cl)cc2Cl)C(=O)O1. The average molecular weight is 434 g/mol. The molecule has 3 aromatic rings. The van der Waals surface area contributed by atoms with Crippen LogP contribution in [0.1, 0.15) is 16.9 Å². The predicted molar refractivity (Wildman–Crippen MR) is 109 cm³/mol. The highest BCUT2D eigenvalue weighted by molar-refractivity contribution is 6.35. The smallest absolute Gasteiger partial charge is 0.363 e. The van der Waals surface area contributed by atoms with Crippen LogP contribution in [0.2, 0.25) is 15.1 Å². The van der Waals surface area contributed by atoms with Crippen molar-refractivity contribution in [2.24, 2.45) is 4.99 Å². The van der Waals surface area contributed by atoms with Gasteiger partial charge in [0.25, 0.3) is 0 Å². The fraction of sp³-hybridized carbons (Fsp3) is 0.0500. The van der Waals surface area contributed by atoms with Crippen LogP contribution in [0.25, 0.3) is 17.3 Å². The van der Waals surface area contributed by atoms with Crippen molar-refractivity contribution in [3.05, 3.63) is 80.1 Å². The van der Waals surface area contributed by atoms with Crippen LogP contribution in [0.5, 0.6) is 0 Å². The van der Waals surface area contributed by atoms with E-state index in [0.717, 1.165) is 0 Å². The molecule has 0 amide bonds. The molecule has 0 fully saturated rings. The Hall–Kier alpha value is -2.60. The van der Waals surface area contributed by atoms with Gasteiger partial charge >= 0.3 is 5.97 Å². The summed E-state index contributed by atoms with van der Waals surface area (Å²) in [5.41, 5.74) is 2.25. The lowest BCUT2D eigenvalue weighted by Crippen LogP contribution is -2.07. The van der Waals surface area contributed by atoms with Gasteiger partial charge in [-0.1, -0.05) is 64.2 Å². The fourth-order valence-electron chi connectivity index (χ4n) is 2.74. The molecule has 0 atom stereocenters. The third-order valence-electron chi connectivity index (χ3n) is 4.08. The normalized spacial score (nSPS) is 15.1. The van der Waals surface area contributed by atoms with E-state index in [1.54, 1.807) is 37.3 Å². The second-order valence-electron chi connectivity index (χ2n) is 5.94. The van der Waals surface area contributed by atoms with Crippen molar-refractivity contribution in [2.75, 3.05) is 0 Å². The molecule has 0 unspecified atom stereocenters. The number of benzene rings is 2. The van der Waals surface area contributed by atoms with E-state index in [1.165, 1.54) is 6.08 Å². The molecule has 2 aromatic carbocycles. The predicted octanol–water partition coefficient (Wildman–Crippen LogP) is 5.95. The van der Waals surface area contributed by atoms with Crippen LogP contribution in [0.3, 0.4) is 0 Å². The van der Waals surface area contributed by atoms with Gasteiger partial charge in [-0.25, -0.2) is 9.79 Å². The molecule has 0 aliphatic carbocycles. The molecule has 1 aromatic heterocycles. The zero-order chi connectivity index (χ0) is 19.8. The number of esters is 1. The minimum Gasteiger partial charge on any atom is -0.402 e. The Morgan fingerprint density at radius 3 is 2.57 bits per heavy atom. The molecule has 0 N–H and O–H groups in total. The van der Waals surface area contributed by atoms with E-state index in [9.17, 15) is 4.79 Å². The summed E-state index contributed by atoms with van der Waals surface area (Å²) in [4.78, 5) is 16.7. The fourth-order valence-corrected chi connectivity index (χ4v) is 3.43. The maximum Gasteiger partial charge on any atom is 0.363 e. The van der Waals surface area contributed by atoms with Crippen LogP contribution in [0.15, 0.2) is 57.7 Å². The van der Waals surface area contributed by atoms with Gasteiger partial charge in [0.15, 0.2) is 5.70 Å². The van der Waals surface area contributed by atoms with Crippen molar-refractivity contribution < 1.29 is 14.1 Å². The van der Waals surface area contributed by atoms with E-state index in [-0.39, 0.29) is 11.6 Å². The highest BCUT2D eigenvalue weighted by atomic mass is 35.5. The summed E-state index contributed by atoms with van der Waals surface area (Å²) in [6.45, 7) is 1.71. The summed E-state index contributed by atoms with van der Waals surface area (Å²) in [6, 6.07) is 12.1. The molecule has 28 heavy (non-hydrogen) atoms. The molecule has 8 heteroatoms. The maximum atomic E-state index is 12.3. The lowest BCUT2D eigenvalue weighted by Gasteiger charge is -2.03. The van der Waals surface area contributed by atoms with Gasteiger partial charge in [-0.3, -0.25) is 0 Å². The molecule has 0 saturated heterocycles. The number of hydrogen-bond donors (Lipinski definition) is 0. The molecule has 1 aliphatic heterocycles. The number of hydrogen-bond acceptors (Lipinski definition) is 5. The van der Waals surface area contributed by atoms with E-state index < -0.39 is 5.97 Å². The van der Waals surface area contributed by atoms with Gasteiger partial charge in [0.05, 0.1) is 5.02 Å². The first kappa shape index (κ1) is 18.7. The number of carbonyl (C=O) groups is 1. The van der Waals surface area contributed by atoms with Crippen LogP contribution < -0.4 is 0 Å². The van der Waals surface area contributed by atoms with E-state index in [2.05, 4.69) is 10.1 Å². The van der Waals surface area contributed by atoms with Gasteiger partial charge in [-0.15, -0.1) is 0 Å². The molecule has 4 rings (SSSR count). The van der Waals surface area contributed by atoms with E-state index in [4.69, 9.17) is 44.1 Å². The van der Waals surface area contributed by atoms with Gasteiger partial charge in [0.2, 0.25) is 5.90 Å². The van der Waals surface area contributed by atoms with Gasteiger partial charge in [-0.05, 0) is 36.8 Å². The highest BCUT2D eigenvalue weighted by Crippen LogP contribution is 2.33. The third kappa shape index (κ3) is 3.44. The van der Waals surface area contributed by atoms with Crippen molar-refractivity contribution >= 4 is 52.7 Å². The number of cyclic esters (lactones) is 1. The number of aromatic nitrogens is 1. The van der Waals surface area contributed by atoms with Gasteiger partial charge < -0.3 is 9.26 Å². The quantitative estimate of drug-likeness (QED) is 0.378. The van der Waals surface area contributed by atoms with Crippen molar-refractivity contribution in [1.82, 2.24) is 5.16 Å². The standard InChI is InChI=1S/C20H11Cl3N2O3/c1-10-17(18(25-28-10)13-4-2-3-5-14(13)22)19-24-16(20(26)27-19)8-11-6-7-12(21)9-15(11)23/h2-9H,1H3/b16-8-. The number of ether oxygens (including phenoxy) is 1. The van der Waals surface area contributed by atoms with Crippen molar-refractivity contribution in [3.8, 4) is 11.3 Å². The summed E-state index contributed by atoms with van der Waals surface area (Å²) in [5.74, 6) is -0.0611. The number of rotatable bonds is 3. The Morgan fingerprint density at radius 2 is 1.82 bits per heavy atom. The Balaban J connectivity index is 1.78. The number of aryl methyl sites for hydroxylation is 1. The largest absolute Gasteiger partial charge is 0.402 e. The van der Waals surface area contributed by atoms with E-state index in [1.807, 2.05) is 12.1 Å². The first-order chi connectivity index (χ1) is 13.4. The molecule has 0 saturated carbocycles. The van der Waals surface area contributed by atoms with Crippen molar-refractivity contribution in [1.29, 1.82) is 0 Å². The Morgan fingerprint density at radius 1 is 1.04 bits per heavy atom. The minimum absolute atomic E-state index is 0.0926. The zero-order valence-corrected chi connectivity index (χ0v) is 16.6. The molecule has 140 valence electrons. The Kier molecular flexibility index (Phi) is 4.98. The Labute approximate surface area is 175 Å². The molecule has 5 nitrogen and oxygen atoms in total. The molecular weight excluding hydrogens is 423 g/mol. The number of halogens is 3. The number of aliphatic imine (C=N–C) groups is 1. The Bertz CT molecular complexity index is 1170. The maximum absolute atomic E-state index is 12.3. The molecule has 0 radical (unpaired) electrons. The van der Waals surface area contributed by atoms with Gasteiger partial charge in [0.1, 0.15) is 17.0 Å². The molecule has 2 heterocycles. The van der Waals surface area contributed by atoms with Crippen LogP contribution in [0, 0.1) is 6.92 Å². The highest BCUT2D eigenvalue weighted by Gasteiger charge is 2.31. The van der Waals surface area contributed by atoms with Gasteiger partial charge in [0, 0.05) is 15.6 Å². The monoisotopic (exact) mass is 432 g/mol. The minimum atomic E-state index is -0.605. The van der Waals surface area contributed by atoms with Crippen LogP contribution in [0.4, 0.5) is 0 Å².